The predicted octanol–water partition coefficient (Wildman–Crippen LogP) is 4.57. The molecule has 28 heavy (non-hydrogen) atoms. The molecule has 0 unspecified atom stereocenters. The van der Waals surface area contributed by atoms with Crippen LogP contribution in [-0.2, 0) is 0 Å². The van der Waals surface area contributed by atoms with Gasteiger partial charge in [-0.3, -0.25) is 4.79 Å². The van der Waals surface area contributed by atoms with Gasteiger partial charge in [0.2, 0.25) is 0 Å². The van der Waals surface area contributed by atoms with Crippen molar-refractivity contribution >= 4 is 38.7 Å². The number of halogens is 1. The van der Waals surface area contributed by atoms with Crippen molar-refractivity contribution in [2.24, 2.45) is 5.10 Å². The van der Waals surface area contributed by atoms with Crippen LogP contribution in [0.2, 0.25) is 0 Å². The molecule has 4 rings (SSSR count). The van der Waals surface area contributed by atoms with Crippen molar-refractivity contribution < 1.29 is 0 Å². The molecule has 0 atom stereocenters. The number of fused-ring (bicyclic) bond motifs is 1. The maximum absolute atomic E-state index is 12.9. The molecule has 0 aliphatic carbocycles. The molecule has 1 fully saturated rings. The van der Waals surface area contributed by atoms with E-state index in [1.54, 1.807) is 19.2 Å². The fourth-order valence-corrected chi connectivity index (χ4v) is 4.14. The fourth-order valence-electron chi connectivity index (χ4n) is 3.78. The summed E-state index contributed by atoms with van der Waals surface area (Å²) in [5.41, 5.74) is 5.22. The number of hydrogen-bond donors (Lipinski definition) is 0. The molecule has 2 heterocycles. The van der Waals surface area contributed by atoms with Crippen LogP contribution in [0.5, 0.6) is 0 Å². The van der Waals surface area contributed by atoms with Crippen LogP contribution in [0.1, 0.15) is 35.4 Å². The lowest BCUT2D eigenvalue weighted by atomic mass is 10.0. The first kappa shape index (κ1) is 18.9. The maximum Gasteiger partial charge on any atom is 0.282 e. The molecule has 0 amide bonds. The van der Waals surface area contributed by atoms with E-state index >= 15 is 0 Å². The zero-order chi connectivity index (χ0) is 19.8. The number of hydrogen-bond acceptors (Lipinski definition) is 4. The molecule has 1 saturated heterocycles. The van der Waals surface area contributed by atoms with Crippen LogP contribution in [-0.4, -0.2) is 29.0 Å². The van der Waals surface area contributed by atoms with E-state index in [1.807, 2.05) is 12.1 Å². The molecule has 1 aliphatic rings. The third-order valence-corrected chi connectivity index (χ3v) is 5.81. The molecule has 0 bridgehead atoms. The Bertz CT molecular complexity index is 1140. The van der Waals surface area contributed by atoms with Gasteiger partial charge >= 0.3 is 0 Å². The first-order valence-corrected chi connectivity index (χ1v) is 10.3. The Kier molecular flexibility index (Phi) is 5.06. The topological polar surface area (TPSA) is 50.5 Å². The molecule has 6 heteroatoms. The Morgan fingerprint density at radius 2 is 1.82 bits per heavy atom. The highest BCUT2D eigenvalue weighted by atomic mass is 79.9. The van der Waals surface area contributed by atoms with E-state index in [-0.39, 0.29) is 5.56 Å². The molecule has 5 nitrogen and oxygen atoms in total. The number of aromatic nitrogens is 2. The van der Waals surface area contributed by atoms with Crippen molar-refractivity contribution in [1.29, 1.82) is 0 Å². The van der Waals surface area contributed by atoms with Crippen molar-refractivity contribution in [2.75, 3.05) is 18.0 Å². The summed E-state index contributed by atoms with van der Waals surface area (Å²) in [5, 5.41) is 5.02. The summed E-state index contributed by atoms with van der Waals surface area (Å²) in [6, 6.07) is 9.89. The van der Waals surface area contributed by atoms with Gasteiger partial charge in [0.1, 0.15) is 5.82 Å². The average molecular weight is 439 g/mol. The van der Waals surface area contributed by atoms with Gasteiger partial charge in [0, 0.05) is 23.2 Å². The number of rotatable bonds is 3. The van der Waals surface area contributed by atoms with Gasteiger partial charge in [-0.2, -0.15) is 9.78 Å². The summed E-state index contributed by atoms with van der Waals surface area (Å²) in [6.45, 7) is 8.28. The van der Waals surface area contributed by atoms with Crippen molar-refractivity contribution in [3.8, 4) is 0 Å². The number of nitrogens with zero attached hydrogens (tertiary/aromatic N) is 4. The Hall–Kier alpha value is -2.47. The van der Waals surface area contributed by atoms with Crippen LogP contribution in [0.15, 0.2) is 44.7 Å². The Morgan fingerprint density at radius 1 is 1.07 bits per heavy atom. The molecule has 1 aliphatic heterocycles. The summed E-state index contributed by atoms with van der Waals surface area (Å²) >= 11 is 3.42. The van der Waals surface area contributed by atoms with E-state index in [1.165, 1.54) is 28.8 Å². The van der Waals surface area contributed by atoms with Gasteiger partial charge in [-0.25, -0.2) is 4.98 Å². The summed E-state index contributed by atoms with van der Waals surface area (Å²) < 4.78 is 2.22. The first-order valence-electron chi connectivity index (χ1n) is 9.53. The molecule has 0 radical (unpaired) electrons. The van der Waals surface area contributed by atoms with Crippen LogP contribution < -0.4 is 10.5 Å². The van der Waals surface area contributed by atoms with E-state index in [0.717, 1.165) is 28.7 Å². The minimum absolute atomic E-state index is 0.164. The van der Waals surface area contributed by atoms with Crippen molar-refractivity contribution in [1.82, 2.24) is 9.66 Å². The van der Waals surface area contributed by atoms with Crippen LogP contribution >= 0.6 is 15.9 Å². The Balaban J connectivity index is 1.73. The number of aryl methyl sites for hydroxylation is 3. The predicted molar refractivity (Wildman–Crippen MR) is 119 cm³/mol. The quantitative estimate of drug-likeness (QED) is 0.562. The minimum atomic E-state index is -0.164. The highest BCUT2D eigenvalue weighted by Gasteiger charge is 2.15. The van der Waals surface area contributed by atoms with Crippen LogP contribution in [0, 0.1) is 20.8 Å². The molecule has 2 aromatic carbocycles. The lowest BCUT2D eigenvalue weighted by molar-refractivity contribution is 0.770. The van der Waals surface area contributed by atoms with Crippen LogP contribution in [0.25, 0.3) is 10.9 Å². The second-order valence-corrected chi connectivity index (χ2v) is 8.29. The largest absolute Gasteiger partial charge is 0.371 e. The SMILES string of the molecule is Cc1cc(N2CCCC2)c(C)cc1C=Nn1c(C)nc2ccc(Br)cc2c1=O. The van der Waals surface area contributed by atoms with Gasteiger partial charge in [0.25, 0.3) is 5.56 Å². The van der Waals surface area contributed by atoms with E-state index in [2.05, 4.69) is 56.9 Å². The highest BCUT2D eigenvalue weighted by molar-refractivity contribution is 9.10. The van der Waals surface area contributed by atoms with Gasteiger partial charge < -0.3 is 4.90 Å². The second kappa shape index (κ2) is 7.51. The Labute approximate surface area is 172 Å². The van der Waals surface area contributed by atoms with E-state index in [4.69, 9.17) is 0 Å². The summed E-state index contributed by atoms with van der Waals surface area (Å²) in [7, 11) is 0. The van der Waals surface area contributed by atoms with Crippen molar-refractivity contribution in [2.45, 2.75) is 33.6 Å². The smallest absolute Gasteiger partial charge is 0.282 e. The molecule has 0 N–H and O–H groups in total. The first-order chi connectivity index (χ1) is 13.4. The third kappa shape index (κ3) is 3.49. The molecule has 144 valence electrons. The average Bonchev–Trinajstić information content (AvgIpc) is 3.19. The highest BCUT2D eigenvalue weighted by Crippen LogP contribution is 2.27. The maximum atomic E-state index is 12.9. The monoisotopic (exact) mass is 438 g/mol. The van der Waals surface area contributed by atoms with Crippen LogP contribution in [0.4, 0.5) is 5.69 Å². The zero-order valence-corrected chi connectivity index (χ0v) is 18.0. The lowest BCUT2D eigenvalue weighted by Gasteiger charge is -2.21. The number of benzene rings is 2. The Morgan fingerprint density at radius 3 is 2.57 bits per heavy atom. The van der Waals surface area contributed by atoms with Gasteiger partial charge in [-0.15, -0.1) is 0 Å². The van der Waals surface area contributed by atoms with Gasteiger partial charge in [0.05, 0.1) is 17.1 Å². The molecule has 3 aromatic rings. The van der Waals surface area contributed by atoms with Crippen molar-refractivity contribution in [3.63, 3.8) is 0 Å². The van der Waals surface area contributed by atoms with Gasteiger partial charge in [-0.1, -0.05) is 15.9 Å². The zero-order valence-electron chi connectivity index (χ0n) is 16.4. The van der Waals surface area contributed by atoms with Gasteiger partial charge in [0.15, 0.2) is 0 Å². The summed E-state index contributed by atoms with van der Waals surface area (Å²) in [6.07, 6.45) is 4.28. The normalized spacial score (nSPS) is 14.5. The molecular weight excluding hydrogens is 416 g/mol. The van der Waals surface area contributed by atoms with Gasteiger partial charge in [-0.05, 0) is 80.6 Å². The minimum Gasteiger partial charge on any atom is -0.371 e. The molecule has 0 spiro atoms. The number of anilines is 1. The van der Waals surface area contributed by atoms with E-state index in [9.17, 15) is 4.79 Å². The molecule has 0 saturated carbocycles. The molecular formula is C22H23BrN4O. The van der Waals surface area contributed by atoms with Crippen molar-refractivity contribution in [3.05, 3.63) is 67.7 Å². The fraction of sp³-hybridized carbons (Fsp3) is 0.318. The second-order valence-electron chi connectivity index (χ2n) is 7.37. The lowest BCUT2D eigenvalue weighted by Crippen LogP contribution is -2.21. The third-order valence-electron chi connectivity index (χ3n) is 5.31. The standard InChI is InChI=1S/C22H23BrN4O/c1-14-11-21(26-8-4-5-9-26)15(2)10-17(14)13-24-27-16(3)25-20-7-6-18(23)12-19(20)22(27)28/h6-7,10-13H,4-5,8-9H2,1-3H3. The summed E-state index contributed by atoms with van der Waals surface area (Å²) in [5.74, 6) is 0.569. The molecule has 1 aromatic heterocycles. The van der Waals surface area contributed by atoms with E-state index < -0.39 is 0 Å². The summed E-state index contributed by atoms with van der Waals surface area (Å²) in [4.78, 5) is 19.8. The van der Waals surface area contributed by atoms with Crippen LogP contribution in [0.3, 0.4) is 0 Å². The van der Waals surface area contributed by atoms with E-state index in [0.29, 0.717) is 16.7 Å².